The zero-order valence-corrected chi connectivity index (χ0v) is 16.1. The highest BCUT2D eigenvalue weighted by Gasteiger charge is 2.44. The summed E-state index contributed by atoms with van der Waals surface area (Å²) in [7, 11) is 1.61. The lowest BCUT2D eigenvalue weighted by Crippen LogP contribution is -2.63. The molecular formula is C18H27NO9. The molecule has 28 heavy (non-hydrogen) atoms. The van der Waals surface area contributed by atoms with Crippen LogP contribution in [0.25, 0.3) is 0 Å². The number of benzene rings is 1. The molecule has 10 nitrogen and oxygen atoms in total. The fraction of sp³-hybridized carbons (Fsp3) is 0.556. The number of methoxy groups -OCH3 is 1. The van der Waals surface area contributed by atoms with Crippen LogP contribution in [0.1, 0.15) is 26.3 Å². The van der Waals surface area contributed by atoms with E-state index in [1.54, 1.807) is 13.2 Å². The Kier molecular flexibility index (Phi) is 7.91. The van der Waals surface area contributed by atoms with E-state index in [0.29, 0.717) is 17.9 Å². The summed E-state index contributed by atoms with van der Waals surface area (Å²) in [5, 5.41) is 46.6. The van der Waals surface area contributed by atoms with Gasteiger partial charge < -0.3 is 40.3 Å². The minimum Gasteiger partial charge on any atom is -0.497 e. The van der Waals surface area contributed by atoms with Gasteiger partial charge in [0.05, 0.1) is 19.8 Å². The maximum Gasteiger partial charge on any atom is 0.335 e. The molecule has 1 fully saturated rings. The molecule has 158 valence electrons. The summed E-state index contributed by atoms with van der Waals surface area (Å²) in [6, 6.07) is 7.14. The Balaban J connectivity index is 0.000000336. The highest BCUT2D eigenvalue weighted by molar-refractivity contribution is 5.83. The van der Waals surface area contributed by atoms with E-state index in [1.807, 2.05) is 25.1 Å². The van der Waals surface area contributed by atoms with E-state index in [1.165, 1.54) is 0 Å². The van der Waals surface area contributed by atoms with Crippen LogP contribution in [0.4, 0.5) is 0 Å². The number of nitrogens with one attached hydrogen (secondary N) is 1. The number of hydrogen-bond acceptors (Lipinski definition) is 8. The highest BCUT2D eigenvalue weighted by atomic mass is 16.6. The summed E-state index contributed by atoms with van der Waals surface area (Å²) in [5.74, 6) is -4.14. The average molecular weight is 401 g/mol. The predicted molar refractivity (Wildman–Crippen MR) is 96.8 cm³/mol. The SMILES string of the molecule is COc1cccc([C@]2(O)OCC(C)(C)N[C@H]2C)c1.O=C(O)[C@@H](O)[C@H](O)C(=O)O. The molecule has 1 aromatic rings. The molecule has 0 unspecified atom stereocenters. The van der Waals surface area contributed by atoms with E-state index in [9.17, 15) is 14.7 Å². The monoisotopic (exact) mass is 401 g/mol. The first kappa shape index (κ1) is 23.8. The molecule has 0 amide bonds. The van der Waals surface area contributed by atoms with Crippen LogP contribution in [0.15, 0.2) is 24.3 Å². The lowest BCUT2D eigenvalue weighted by Gasteiger charge is -2.46. The lowest BCUT2D eigenvalue weighted by atomic mass is 9.92. The van der Waals surface area contributed by atoms with Gasteiger partial charge in [0.15, 0.2) is 12.2 Å². The molecule has 4 atom stereocenters. The quantitative estimate of drug-likeness (QED) is 0.379. The lowest BCUT2D eigenvalue weighted by molar-refractivity contribution is -0.263. The van der Waals surface area contributed by atoms with Crippen molar-refractivity contribution in [1.29, 1.82) is 0 Å². The summed E-state index contributed by atoms with van der Waals surface area (Å²) >= 11 is 0. The number of morpholine rings is 1. The molecule has 6 N–H and O–H groups in total. The van der Waals surface area contributed by atoms with E-state index >= 15 is 0 Å². The van der Waals surface area contributed by atoms with Crippen LogP contribution in [0.2, 0.25) is 0 Å². The van der Waals surface area contributed by atoms with Gasteiger partial charge in [-0.2, -0.15) is 0 Å². The second kappa shape index (κ2) is 9.30. The first-order valence-electron chi connectivity index (χ1n) is 8.44. The second-order valence-corrected chi connectivity index (χ2v) is 7.03. The third kappa shape index (κ3) is 5.88. The van der Waals surface area contributed by atoms with Crippen LogP contribution in [-0.2, 0) is 20.1 Å². The Hall–Kier alpha value is -2.24. The molecule has 0 radical (unpaired) electrons. The smallest absolute Gasteiger partial charge is 0.335 e. The first-order chi connectivity index (χ1) is 12.8. The molecule has 1 heterocycles. The Labute approximate surface area is 162 Å². The number of carboxylic acids is 2. The molecule has 1 aliphatic heterocycles. The van der Waals surface area contributed by atoms with E-state index in [0.717, 1.165) is 0 Å². The van der Waals surface area contributed by atoms with Crippen LogP contribution in [-0.4, -0.2) is 75.0 Å². The zero-order chi connectivity index (χ0) is 21.7. The van der Waals surface area contributed by atoms with Gasteiger partial charge in [-0.05, 0) is 32.9 Å². The molecule has 1 aromatic carbocycles. The topological polar surface area (TPSA) is 166 Å². The van der Waals surface area contributed by atoms with Crippen LogP contribution >= 0.6 is 0 Å². The molecule has 10 heteroatoms. The van der Waals surface area contributed by atoms with Crippen LogP contribution < -0.4 is 10.1 Å². The number of hydrogen-bond donors (Lipinski definition) is 6. The third-order valence-corrected chi connectivity index (χ3v) is 4.14. The van der Waals surface area contributed by atoms with Gasteiger partial charge in [0.25, 0.3) is 0 Å². The van der Waals surface area contributed by atoms with Crippen molar-refractivity contribution >= 4 is 11.9 Å². The minimum absolute atomic E-state index is 0.134. The first-order valence-corrected chi connectivity index (χ1v) is 8.44. The molecule has 0 saturated carbocycles. The normalized spacial score (nSPS) is 25.6. The Morgan fingerprint density at radius 2 is 1.75 bits per heavy atom. The molecule has 0 aliphatic carbocycles. The van der Waals surface area contributed by atoms with Gasteiger partial charge in [-0.1, -0.05) is 12.1 Å². The van der Waals surface area contributed by atoms with Crippen LogP contribution in [0.5, 0.6) is 5.75 Å². The maximum absolute atomic E-state index is 10.7. The number of carbonyl (C=O) groups is 2. The van der Waals surface area contributed by atoms with E-state index < -0.39 is 29.9 Å². The Morgan fingerprint density at radius 3 is 2.18 bits per heavy atom. The van der Waals surface area contributed by atoms with Crippen molar-refractivity contribution in [1.82, 2.24) is 5.32 Å². The van der Waals surface area contributed by atoms with Crippen molar-refractivity contribution in [3.05, 3.63) is 29.8 Å². The minimum atomic E-state index is -2.27. The molecule has 0 bridgehead atoms. The van der Waals surface area contributed by atoms with Gasteiger partial charge in [-0.3, -0.25) is 0 Å². The van der Waals surface area contributed by atoms with Crippen molar-refractivity contribution in [3.8, 4) is 5.75 Å². The van der Waals surface area contributed by atoms with E-state index in [2.05, 4.69) is 19.2 Å². The Morgan fingerprint density at radius 1 is 1.21 bits per heavy atom. The van der Waals surface area contributed by atoms with Crippen molar-refractivity contribution in [3.63, 3.8) is 0 Å². The number of aliphatic hydroxyl groups excluding tert-OH is 2. The van der Waals surface area contributed by atoms with Gasteiger partial charge in [-0.15, -0.1) is 0 Å². The molecule has 1 saturated heterocycles. The fourth-order valence-electron chi connectivity index (χ4n) is 2.59. The number of aliphatic carboxylic acids is 2. The number of carboxylic acid groups (broad SMARTS) is 2. The van der Waals surface area contributed by atoms with Gasteiger partial charge in [0, 0.05) is 11.1 Å². The summed E-state index contributed by atoms with van der Waals surface area (Å²) < 4.78 is 10.9. The average Bonchev–Trinajstić information content (AvgIpc) is 2.64. The van der Waals surface area contributed by atoms with E-state index in [4.69, 9.17) is 29.9 Å². The van der Waals surface area contributed by atoms with Crippen molar-refractivity contribution in [2.45, 2.75) is 50.3 Å². The third-order valence-electron chi connectivity index (χ3n) is 4.14. The summed E-state index contributed by atoms with van der Waals surface area (Å²) in [4.78, 5) is 19.5. The van der Waals surface area contributed by atoms with Gasteiger partial charge >= 0.3 is 11.9 Å². The fourth-order valence-corrected chi connectivity index (χ4v) is 2.59. The Bertz CT molecular complexity index is 675. The molecule has 0 aromatic heterocycles. The van der Waals surface area contributed by atoms with Gasteiger partial charge in [0.1, 0.15) is 5.75 Å². The molecule has 1 aliphatic rings. The van der Waals surface area contributed by atoms with Crippen molar-refractivity contribution in [2.75, 3.05) is 13.7 Å². The number of rotatable bonds is 5. The van der Waals surface area contributed by atoms with E-state index in [-0.39, 0.29) is 11.6 Å². The molecule has 0 spiro atoms. The van der Waals surface area contributed by atoms with Crippen molar-refractivity contribution in [2.24, 2.45) is 0 Å². The van der Waals surface area contributed by atoms with Crippen LogP contribution in [0.3, 0.4) is 0 Å². The summed E-state index contributed by atoms with van der Waals surface area (Å²) in [6.07, 6.45) is -4.53. The highest BCUT2D eigenvalue weighted by Crippen LogP contribution is 2.34. The standard InChI is InChI=1S/C14H21NO3.C4H6O6/c1-10-14(16,18-9-13(2,3)15-10)11-6-5-7-12(8-11)17-4;5-1(3(7)8)2(6)4(9)10/h5-8,10,15-16H,9H2,1-4H3;1-2,5-6H,(H,7,8)(H,9,10)/t10-,14+;1-,2-/m00/s1. The summed E-state index contributed by atoms with van der Waals surface area (Å²) in [6.45, 7) is 6.47. The predicted octanol–water partition coefficient (Wildman–Crippen LogP) is -0.495. The molecule has 2 rings (SSSR count). The second-order valence-electron chi connectivity index (χ2n) is 7.03. The van der Waals surface area contributed by atoms with Crippen LogP contribution in [0, 0.1) is 0 Å². The zero-order valence-electron chi connectivity index (χ0n) is 16.1. The number of ether oxygens (including phenoxy) is 2. The van der Waals surface area contributed by atoms with Gasteiger partial charge in [0.2, 0.25) is 5.79 Å². The van der Waals surface area contributed by atoms with Crippen molar-refractivity contribution < 1.29 is 44.6 Å². The maximum atomic E-state index is 10.7. The summed E-state index contributed by atoms with van der Waals surface area (Å²) in [5.41, 5.74) is 0.571. The number of aliphatic hydroxyl groups is 3. The largest absolute Gasteiger partial charge is 0.497 e. The van der Waals surface area contributed by atoms with Gasteiger partial charge in [-0.25, -0.2) is 9.59 Å². The molecular weight excluding hydrogens is 374 g/mol.